The first kappa shape index (κ1) is 24.2. The third-order valence-corrected chi connectivity index (χ3v) is 6.60. The van der Waals surface area contributed by atoms with E-state index in [0.29, 0.717) is 32.5 Å². The van der Waals surface area contributed by atoms with Gasteiger partial charge in [0.2, 0.25) is 5.91 Å². The molecule has 1 saturated heterocycles. The Kier molecular flexibility index (Phi) is 7.22. The molecule has 0 saturated carbocycles. The van der Waals surface area contributed by atoms with Crippen molar-refractivity contribution in [2.24, 2.45) is 0 Å². The number of benzene rings is 1. The minimum absolute atomic E-state index is 0.00202. The summed E-state index contributed by atoms with van der Waals surface area (Å²) in [5.41, 5.74) is -0.0897. The van der Waals surface area contributed by atoms with Crippen LogP contribution in [0.2, 0.25) is 0 Å². The molecule has 0 spiro atoms. The predicted octanol–water partition coefficient (Wildman–Crippen LogP) is 3.27. The highest BCUT2D eigenvalue weighted by Crippen LogP contribution is 2.30. The maximum atomic E-state index is 13.0. The van der Waals surface area contributed by atoms with Crippen LogP contribution in [0.25, 0.3) is 0 Å². The number of amides is 2. The molecule has 168 valence electrons. The Morgan fingerprint density at radius 2 is 1.67 bits per heavy atom. The Bertz CT molecular complexity index is 864. The lowest BCUT2D eigenvalue weighted by atomic mass is 9.87. The molecule has 2 amide bonds. The number of sulfone groups is 1. The fourth-order valence-corrected chi connectivity index (χ4v) is 4.38. The average molecular weight is 439 g/mol. The number of hydrogen-bond donors (Lipinski definition) is 0. The molecule has 0 unspecified atom stereocenters. The summed E-state index contributed by atoms with van der Waals surface area (Å²) in [6, 6.07) is 6.45. The van der Waals surface area contributed by atoms with Crippen LogP contribution in [0.3, 0.4) is 0 Å². The lowest BCUT2D eigenvalue weighted by Crippen LogP contribution is -2.57. The molecule has 2 rings (SSSR count). The predicted molar refractivity (Wildman–Crippen MR) is 116 cm³/mol. The summed E-state index contributed by atoms with van der Waals surface area (Å²) < 4.78 is 28.7. The lowest BCUT2D eigenvalue weighted by Gasteiger charge is -2.46. The van der Waals surface area contributed by atoms with Gasteiger partial charge in [0.05, 0.1) is 11.3 Å². The first-order valence-corrected chi connectivity index (χ1v) is 12.2. The number of rotatable bonds is 5. The van der Waals surface area contributed by atoms with Crippen molar-refractivity contribution in [3.63, 3.8) is 0 Å². The third kappa shape index (κ3) is 6.20. The van der Waals surface area contributed by atoms with Crippen molar-refractivity contribution in [2.45, 2.75) is 69.9 Å². The van der Waals surface area contributed by atoms with E-state index >= 15 is 0 Å². The first-order chi connectivity index (χ1) is 13.7. The van der Waals surface area contributed by atoms with Gasteiger partial charge in [-0.2, -0.15) is 0 Å². The average Bonchev–Trinajstić information content (AvgIpc) is 2.61. The van der Waals surface area contributed by atoms with Crippen LogP contribution in [0, 0.1) is 0 Å². The monoisotopic (exact) mass is 438 g/mol. The molecule has 1 heterocycles. The van der Waals surface area contributed by atoms with Crippen LogP contribution in [0.15, 0.2) is 29.2 Å². The van der Waals surface area contributed by atoms with E-state index in [2.05, 4.69) is 6.92 Å². The second-order valence-corrected chi connectivity index (χ2v) is 11.2. The van der Waals surface area contributed by atoms with Gasteiger partial charge in [0.25, 0.3) is 0 Å². The van der Waals surface area contributed by atoms with Gasteiger partial charge in [0, 0.05) is 31.4 Å². The van der Waals surface area contributed by atoms with Crippen LogP contribution in [0.5, 0.6) is 0 Å². The number of likely N-dealkylation sites (N-methyl/N-ethyl adjacent to an activating group) is 1. The Balaban J connectivity index is 2.03. The van der Waals surface area contributed by atoms with Crippen LogP contribution in [-0.2, 0) is 25.8 Å². The zero-order valence-electron chi connectivity index (χ0n) is 18.9. The second-order valence-electron chi connectivity index (χ2n) is 9.20. The van der Waals surface area contributed by atoms with Gasteiger partial charge in [-0.3, -0.25) is 4.79 Å². The van der Waals surface area contributed by atoms with Crippen LogP contribution < -0.4 is 0 Å². The minimum Gasteiger partial charge on any atom is -0.444 e. The summed E-state index contributed by atoms with van der Waals surface area (Å²) >= 11 is 0. The van der Waals surface area contributed by atoms with Gasteiger partial charge in [-0.15, -0.1) is 0 Å². The summed E-state index contributed by atoms with van der Waals surface area (Å²) in [4.78, 5) is 29.2. The fourth-order valence-electron chi connectivity index (χ4n) is 3.75. The number of hydrogen-bond acceptors (Lipinski definition) is 5. The quantitative estimate of drug-likeness (QED) is 0.704. The molecule has 30 heavy (non-hydrogen) atoms. The van der Waals surface area contributed by atoms with Crippen molar-refractivity contribution < 1.29 is 22.7 Å². The summed E-state index contributed by atoms with van der Waals surface area (Å²) in [5, 5.41) is 0. The minimum atomic E-state index is -3.26. The highest BCUT2D eigenvalue weighted by atomic mass is 32.2. The largest absolute Gasteiger partial charge is 0.444 e. The van der Waals surface area contributed by atoms with Gasteiger partial charge >= 0.3 is 6.09 Å². The highest BCUT2D eigenvalue weighted by molar-refractivity contribution is 7.90. The second kappa shape index (κ2) is 8.96. The summed E-state index contributed by atoms with van der Waals surface area (Å²) in [6.45, 7) is 11.2. The molecule has 8 heteroatoms. The Hall–Kier alpha value is -2.09. The molecule has 0 aliphatic carbocycles. The van der Waals surface area contributed by atoms with Crippen molar-refractivity contribution in [3.8, 4) is 0 Å². The van der Waals surface area contributed by atoms with Crippen molar-refractivity contribution >= 4 is 21.8 Å². The van der Waals surface area contributed by atoms with E-state index in [1.54, 1.807) is 17.0 Å². The van der Waals surface area contributed by atoms with E-state index in [4.69, 9.17) is 4.74 Å². The van der Waals surface area contributed by atoms with Crippen LogP contribution >= 0.6 is 0 Å². The summed E-state index contributed by atoms with van der Waals surface area (Å²) in [7, 11) is -3.26. The molecule has 0 aromatic heterocycles. The van der Waals surface area contributed by atoms with Gasteiger partial charge in [-0.1, -0.05) is 12.1 Å². The van der Waals surface area contributed by atoms with E-state index in [9.17, 15) is 18.0 Å². The van der Waals surface area contributed by atoms with Crippen LogP contribution in [0.4, 0.5) is 4.79 Å². The maximum Gasteiger partial charge on any atom is 0.410 e. The summed E-state index contributed by atoms with van der Waals surface area (Å²) in [5.74, 6) is -0.00202. The van der Waals surface area contributed by atoms with E-state index in [0.717, 1.165) is 11.8 Å². The van der Waals surface area contributed by atoms with E-state index < -0.39 is 15.4 Å². The smallest absolute Gasteiger partial charge is 0.410 e. The number of piperidine rings is 1. The maximum absolute atomic E-state index is 13.0. The number of likely N-dealkylation sites (tertiary alicyclic amines) is 1. The number of nitrogens with zero attached hydrogens (tertiary/aromatic N) is 2. The molecule has 0 radical (unpaired) electrons. The Morgan fingerprint density at radius 3 is 2.10 bits per heavy atom. The molecule has 7 nitrogen and oxygen atoms in total. The molecule has 1 aromatic carbocycles. The third-order valence-electron chi connectivity index (χ3n) is 5.47. The van der Waals surface area contributed by atoms with Gasteiger partial charge in [-0.25, -0.2) is 13.2 Å². The van der Waals surface area contributed by atoms with Crippen molar-refractivity contribution in [1.82, 2.24) is 9.80 Å². The zero-order chi connectivity index (χ0) is 22.7. The standard InChI is InChI=1S/C22H34N2O5S/c1-7-24(19(25)16-17-8-10-18(11-9-17)30(6,27)28)22(5)12-14-23(15-13-22)20(26)29-21(2,3)4/h8-11H,7,12-16H2,1-6H3. The molecule has 1 aliphatic rings. The van der Waals surface area contributed by atoms with Gasteiger partial charge in [-0.05, 0) is 65.2 Å². The van der Waals surface area contributed by atoms with Crippen LogP contribution in [0.1, 0.15) is 53.0 Å². The normalized spacial score (nSPS) is 16.8. The molecular formula is C22H34N2O5S. The van der Waals surface area contributed by atoms with Crippen molar-refractivity contribution in [2.75, 3.05) is 25.9 Å². The SMILES string of the molecule is CCN(C(=O)Cc1ccc(S(C)(=O)=O)cc1)C1(C)CCN(C(=O)OC(C)(C)C)CC1. The lowest BCUT2D eigenvalue weighted by molar-refractivity contribution is -0.137. The molecule has 1 fully saturated rings. The topological polar surface area (TPSA) is 84.0 Å². The molecular weight excluding hydrogens is 404 g/mol. The Labute approximate surface area is 180 Å². The molecule has 0 atom stereocenters. The molecule has 0 bridgehead atoms. The van der Waals surface area contributed by atoms with E-state index in [1.165, 1.54) is 12.1 Å². The van der Waals surface area contributed by atoms with Gasteiger partial charge < -0.3 is 14.5 Å². The number of ether oxygens (including phenoxy) is 1. The highest BCUT2D eigenvalue weighted by Gasteiger charge is 2.39. The molecule has 1 aromatic rings. The zero-order valence-corrected chi connectivity index (χ0v) is 19.7. The fraction of sp³-hybridized carbons (Fsp3) is 0.636. The number of carbonyl (C=O) groups is 2. The number of carbonyl (C=O) groups excluding carboxylic acids is 2. The van der Waals surface area contributed by atoms with Gasteiger partial charge in [0.15, 0.2) is 9.84 Å². The summed E-state index contributed by atoms with van der Waals surface area (Å²) in [6.07, 6.45) is 2.42. The molecule has 0 N–H and O–H groups in total. The van der Waals surface area contributed by atoms with E-state index in [-0.39, 0.29) is 28.9 Å². The van der Waals surface area contributed by atoms with Gasteiger partial charge in [0.1, 0.15) is 5.60 Å². The van der Waals surface area contributed by atoms with E-state index in [1.807, 2.05) is 32.6 Å². The van der Waals surface area contributed by atoms with Crippen molar-refractivity contribution in [3.05, 3.63) is 29.8 Å². The van der Waals surface area contributed by atoms with Crippen molar-refractivity contribution in [1.29, 1.82) is 0 Å². The Morgan fingerprint density at radius 1 is 1.13 bits per heavy atom. The first-order valence-electron chi connectivity index (χ1n) is 10.3. The molecule has 1 aliphatic heterocycles. The van der Waals surface area contributed by atoms with Crippen LogP contribution in [-0.4, -0.2) is 67.2 Å².